The van der Waals surface area contributed by atoms with Crippen LogP contribution < -0.4 is 9.80 Å². The molecule has 1 aromatic heterocycles. The monoisotopic (exact) mass is 564 g/mol. The zero-order valence-electron chi connectivity index (χ0n) is 24.0. The molecule has 0 bridgehead atoms. The molecule has 1 fully saturated rings. The second-order valence-electron chi connectivity index (χ2n) is 11.1. The van der Waals surface area contributed by atoms with Gasteiger partial charge >= 0.3 is 6.18 Å². The lowest BCUT2D eigenvalue weighted by atomic mass is 9.77. The van der Waals surface area contributed by atoms with Gasteiger partial charge in [0.1, 0.15) is 6.54 Å². The number of carbonyl (C=O) groups is 1. The maximum Gasteiger partial charge on any atom is 0.435 e. The number of allylic oxidation sites excluding steroid dienone is 1. The van der Waals surface area contributed by atoms with Gasteiger partial charge in [-0.25, -0.2) is 5.01 Å². The smallest absolute Gasteiger partial charge is 0.378 e. The Kier molecular flexibility index (Phi) is 7.68. The number of halogens is 3. The van der Waals surface area contributed by atoms with Crippen LogP contribution in [0.5, 0.6) is 0 Å². The highest BCUT2D eigenvalue weighted by Gasteiger charge is 2.44. The van der Waals surface area contributed by atoms with Crippen molar-refractivity contribution in [3.63, 3.8) is 0 Å². The number of alkyl halides is 3. The van der Waals surface area contributed by atoms with Crippen molar-refractivity contribution in [1.29, 1.82) is 0 Å². The van der Waals surface area contributed by atoms with Crippen molar-refractivity contribution >= 4 is 29.1 Å². The number of carbonyl (C=O) groups excluding carboxylic acids is 1. The van der Waals surface area contributed by atoms with Crippen molar-refractivity contribution in [2.45, 2.75) is 44.9 Å². The van der Waals surface area contributed by atoms with Gasteiger partial charge in [0.05, 0.1) is 11.8 Å². The van der Waals surface area contributed by atoms with Crippen LogP contribution in [0, 0.1) is 12.8 Å². The summed E-state index contributed by atoms with van der Waals surface area (Å²) in [5.74, 6) is -0.419. The molecule has 1 saturated carbocycles. The molecule has 1 aliphatic heterocycles. The molecule has 0 unspecified atom stereocenters. The second kappa shape index (κ2) is 11.1. The number of aryl methyl sites for hydroxylation is 1. The molecule has 1 amide bonds. The molecule has 0 saturated heterocycles. The quantitative estimate of drug-likeness (QED) is 0.360. The van der Waals surface area contributed by atoms with Gasteiger partial charge < -0.3 is 9.80 Å². The van der Waals surface area contributed by atoms with E-state index in [1.807, 2.05) is 62.3 Å². The van der Waals surface area contributed by atoms with E-state index < -0.39 is 17.8 Å². The number of benzene rings is 2. The summed E-state index contributed by atoms with van der Waals surface area (Å²) >= 11 is 0. The first-order chi connectivity index (χ1) is 19.4. The Morgan fingerprint density at radius 3 is 2.17 bits per heavy atom. The van der Waals surface area contributed by atoms with E-state index >= 15 is 0 Å². The molecule has 2 heterocycles. The van der Waals surface area contributed by atoms with E-state index in [0.717, 1.165) is 63.8 Å². The van der Waals surface area contributed by atoms with Gasteiger partial charge in [0.15, 0.2) is 5.69 Å². The lowest BCUT2D eigenvalue weighted by Gasteiger charge is -2.30. The van der Waals surface area contributed by atoms with E-state index in [1.54, 1.807) is 0 Å². The van der Waals surface area contributed by atoms with Gasteiger partial charge in [-0.2, -0.15) is 23.4 Å². The summed E-state index contributed by atoms with van der Waals surface area (Å²) in [7, 11) is 7.93. The molecule has 5 rings (SSSR count). The van der Waals surface area contributed by atoms with Gasteiger partial charge in [-0.05, 0) is 79.3 Å². The van der Waals surface area contributed by atoms with Crippen molar-refractivity contribution in [2.75, 3.05) is 38.0 Å². The number of anilines is 2. The minimum atomic E-state index is -4.58. The van der Waals surface area contributed by atoms with Crippen molar-refractivity contribution in [1.82, 2.24) is 14.8 Å². The summed E-state index contributed by atoms with van der Waals surface area (Å²) in [5, 5.41) is 10.0. The predicted molar refractivity (Wildman–Crippen MR) is 156 cm³/mol. The summed E-state index contributed by atoms with van der Waals surface area (Å²) in [6.07, 6.45) is 0.207. The normalized spacial score (nSPS) is 19.8. The average Bonchev–Trinajstić information content (AvgIpc) is 3.50. The van der Waals surface area contributed by atoms with Crippen molar-refractivity contribution in [3.05, 3.63) is 82.7 Å². The van der Waals surface area contributed by atoms with Crippen LogP contribution in [0.1, 0.15) is 47.8 Å². The zero-order chi connectivity index (χ0) is 29.5. The summed E-state index contributed by atoms with van der Waals surface area (Å²) in [6, 6.07) is 16.9. The molecule has 0 N–H and O–H groups in total. The molecular weight excluding hydrogens is 529 g/mol. The van der Waals surface area contributed by atoms with Gasteiger partial charge in [-0.1, -0.05) is 24.3 Å². The van der Waals surface area contributed by atoms with Crippen LogP contribution in [0.25, 0.3) is 6.08 Å². The lowest BCUT2D eigenvalue weighted by molar-refractivity contribution is -0.142. The van der Waals surface area contributed by atoms with Crippen LogP contribution in [-0.4, -0.2) is 54.6 Å². The first-order valence-corrected chi connectivity index (χ1v) is 13.7. The summed E-state index contributed by atoms with van der Waals surface area (Å²) in [6.45, 7) is 1.19. The number of fused-ring (bicyclic) bond motifs is 1. The maximum atomic E-state index is 13.7. The fourth-order valence-corrected chi connectivity index (χ4v) is 5.59. The topological polar surface area (TPSA) is 57.0 Å². The average molecular weight is 565 g/mol. The van der Waals surface area contributed by atoms with Gasteiger partial charge in [0, 0.05) is 51.2 Å². The number of amides is 1. The van der Waals surface area contributed by atoms with Crippen LogP contribution in [0.2, 0.25) is 0 Å². The first-order valence-electron chi connectivity index (χ1n) is 13.7. The Hall–Kier alpha value is -4.08. The third-order valence-electron chi connectivity index (χ3n) is 7.82. The zero-order valence-corrected chi connectivity index (χ0v) is 24.0. The number of hydrazone groups is 1. The highest BCUT2D eigenvalue weighted by molar-refractivity contribution is 6.08. The van der Waals surface area contributed by atoms with E-state index in [0.29, 0.717) is 0 Å². The Balaban J connectivity index is 1.51. The van der Waals surface area contributed by atoms with E-state index in [1.165, 1.54) is 11.9 Å². The molecule has 2 aromatic carbocycles. The standard InChI is InChI=1S/C31H35F3N6O/c1-20-17-27(31(32,33)34)35-39(20)19-28(41)40-30(22-11-15-25(16-12-22)38(4)5)26-8-6-7-23(29(26)36-40)18-21-9-13-24(14-10-21)37(2)3/h9-18,26,30H,6-8,19H2,1-5H3/b23-18+/t26-,30+/m0/s1. The first kappa shape index (κ1) is 28.4. The third-order valence-corrected chi connectivity index (χ3v) is 7.82. The Morgan fingerprint density at radius 2 is 1.61 bits per heavy atom. The summed E-state index contributed by atoms with van der Waals surface area (Å²) in [5.41, 5.74) is 5.34. The van der Waals surface area contributed by atoms with Gasteiger partial charge in [0.2, 0.25) is 0 Å². The van der Waals surface area contributed by atoms with E-state index in [2.05, 4.69) is 35.4 Å². The molecule has 0 spiro atoms. The minimum absolute atomic E-state index is 0.0188. The third kappa shape index (κ3) is 5.87. The molecule has 216 valence electrons. The van der Waals surface area contributed by atoms with Gasteiger partial charge in [0.25, 0.3) is 5.91 Å². The lowest BCUT2D eigenvalue weighted by Crippen LogP contribution is -2.34. The molecule has 10 heteroatoms. The van der Waals surface area contributed by atoms with Crippen LogP contribution in [-0.2, 0) is 17.5 Å². The van der Waals surface area contributed by atoms with Crippen LogP contribution >= 0.6 is 0 Å². The fourth-order valence-electron chi connectivity index (χ4n) is 5.59. The molecule has 2 aliphatic rings. The van der Waals surface area contributed by atoms with Crippen LogP contribution in [0.4, 0.5) is 24.5 Å². The van der Waals surface area contributed by atoms with E-state index in [4.69, 9.17) is 5.10 Å². The number of hydrogen-bond donors (Lipinski definition) is 0. The number of nitrogens with zero attached hydrogens (tertiary/aromatic N) is 6. The molecule has 3 aromatic rings. The largest absolute Gasteiger partial charge is 0.435 e. The summed E-state index contributed by atoms with van der Waals surface area (Å²) < 4.78 is 40.9. The predicted octanol–water partition coefficient (Wildman–Crippen LogP) is 6.17. The van der Waals surface area contributed by atoms with Crippen LogP contribution in [0.15, 0.2) is 65.3 Å². The maximum absolute atomic E-state index is 13.7. The molecule has 41 heavy (non-hydrogen) atoms. The van der Waals surface area contributed by atoms with Crippen molar-refractivity contribution < 1.29 is 18.0 Å². The Morgan fingerprint density at radius 1 is 1.00 bits per heavy atom. The Bertz CT molecular complexity index is 1470. The highest BCUT2D eigenvalue weighted by atomic mass is 19.4. The number of aromatic nitrogens is 2. The van der Waals surface area contributed by atoms with E-state index in [9.17, 15) is 18.0 Å². The van der Waals surface area contributed by atoms with Crippen molar-refractivity contribution in [2.24, 2.45) is 11.0 Å². The van der Waals surface area contributed by atoms with Gasteiger partial charge in [-0.15, -0.1) is 0 Å². The van der Waals surface area contributed by atoms with Crippen LogP contribution in [0.3, 0.4) is 0 Å². The molecule has 1 aliphatic carbocycles. The van der Waals surface area contributed by atoms with Crippen molar-refractivity contribution in [3.8, 4) is 0 Å². The number of hydrogen-bond acceptors (Lipinski definition) is 5. The molecular formula is C31H35F3N6O. The van der Waals surface area contributed by atoms with Gasteiger partial charge in [-0.3, -0.25) is 9.48 Å². The summed E-state index contributed by atoms with van der Waals surface area (Å²) in [4.78, 5) is 17.8. The molecule has 2 atom stereocenters. The molecule has 7 nitrogen and oxygen atoms in total. The minimum Gasteiger partial charge on any atom is -0.378 e. The fraction of sp³-hybridized carbons (Fsp3) is 0.387. The second-order valence-corrected chi connectivity index (χ2v) is 11.1. The van der Waals surface area contributed by atoms with E-state index in [-0.39, 0.29) is 24.2 Å². The molecule has 0 radical (unpaired) electrons. The SMILES string of the molecule is Cc1cc(C(F)(F)F)nn1CC(=O)N1N=C2/C(=C/c3ccc(N(C)C)cc3)CCC[C@@H]2[C@H]1c1ccc(N(C)C)cc1. The highest BCUT2D eigenvalue weighted by Crippen LogP contribution is 2.45. The Labute approximate surface area is 238 Å². The number of rotatable bonds is 6.